The topological polar surface area (TPSA) is 94.0 Å². The van der Waals surface area contributed by atoms with Crippen LogP contribution in [-0.4, -0.2) is 37.5 Å². The number of hydrogen-bond acceptors (Lipinski definition) is 4. The smallest absolute Gasteiger partial charge is 0.239 e. The number of amides is 2. The Morgan fingerprint density at radius 3 is 2.88 bits per heavy atom. The standard InChI is InChI=1S/C10H16N4O2/c1-10(2,5-11)6-14-9(16)7-3-13-8(15)4-12-7/h7,12H,3-4,6H2,1-2H3,(H,13,15)(H,14,16). The second-order valence-electron chi connectivity index (χ2n) is 4.45. The minimum atomic E-state index is -0.576. The first-order valence-electron chi connectivity index (χ1n) is 5.14. The predicted octanol–water partition coefficient (Wildman–Crippen LogP) is -1.26. The van der Waals surface area contributed by atoms with Crippen LogP contribution in [0, 0.1) is 16.7 Å². The van der Waals surface area contributed by atoms with Gasteiger partial charge in [-0.3, -0.25) is 14.9 Å². The zero-order valence-electron chi connectivity index (χ0n) is 9.46. The van der Waals surface area contributed by atoms with E-state index < -0.39 is 11.5 Å². The fourth-order valence-corrected chi connectivity index (χ4v) is 1.22. The molecule has 1 atom stereocenters. The molecule has 6 heteroatoms. The van der Waals surface area contributed by atoms with Crippen LogP contribution >= 0.6 is 0 Å². The molecular formula is C10H16N4O2. The molecule has 1 aliphatic heterocycles. The summed E-state index contributed by atoms with van der Waals surface area (Å²) in [7, 11) is 0. The van der Waals surface area contributed by atoms with Crippen molar-refractivity contribution in [1.82, 2.24) is 16.0 Å². The molecule has 0 aromatic carbocycles. The lowest BCUT2D eigenvalue weighted by Gasteiger charge is -2.24. The number of nitriles is 1. The normalized spacial score (nSPS) is 20.8. The first-order chi connectivity index (χ1) is 7.44. The summed E-state index contributed by atoms with van der Waals surface area (Å²) >= 11 is 0. The number of carbonyl (C=O) groups excluding carboxylic acids is 2. The van der Waals surface area contributed by atoms with Crippen molar-refractivity contribution in [2.75, 3.05) is 19.6 Å². The van der Waals surface area contributed by atoms with Gasteiger partial charge in [-0.15, -0.1) is 0 Å². The van der Waals surface area contributed by atoms with E-state index in [-0.39, 0.29) is 24.9 Å². The maximum Gasteiger partial charge on any atom is 0.239 e. The van der Waals surface area contributed by atoms with Crippen molar-refractivity contribution in [1.29, 1.82) is 5.26 Å². The Balaban J connectivity index is 2.36. The molecule has 0 radical (unpaired) electrons. The van der Waals surface area contributed by atoms with Gasteiger partial charge in [0.25, 0.3) is 0 Å². The first kappa shape index (κ1) is 12.5. The average molecular weight is 224 g/mol. The summed E-state index contributed by atoms with van der Waals surface area (Å²) in [5.74, 6) is -0.301. The van der Waals surface area contributed by atoms with Crippen molar-refractivity contribution in [3.8, 4) is 6.07 Å². The maximum atomic E-state index is 11.6. The summed E-state index contributed by atoms with van der Waals surface area (Å²) in [6, 6.07) is 1.69. The van der Waals surface area contributed by atoms with Gasteiger partial charge in [-0.2, -0.15) is 5.26 Å². The third-order valence-corrected chi connectivity index (χ3v) is 2.34. The number of hydrogen-bond donors (Lipinski definition) is 3. The number of rotatable bonds is 3. The molecule has 1 heterocycles. The van der Waals surface area contributed by atoms with Crippen LogP contribution in [0.5, 0.6) is 0 Å². The fourth-order valence-electron chi connectivity index (χ4n) is 1.22. The number of nitrogens with one attached hydrogen (secondary N) is 3. The Kier molecular flexibility index (Phi) is 3.85. The molecule has 0 bridgehead atoms. The zero-order valence-corrected chi connectivity index (χ0v) is 9.46. The Hall–Kier alpha value is -1.61. The van der Waals surface area contributed by atoms with E-state index in [1.54, 1.807) is 13.8 Å². The van der Waals surface area contributed by atoms with E-state index in [9.17, 15) is 9.59 Å². The van der Waals surface area contributed by atoms with Crippen LogP contribution in [0.4, 0.5) is 0 Å². The van der Waals surface area contributed by atoms with E-state index in [1.807, 2.05) is 0 Å². The molecule has 0 aliphatic carbocycles. The summed E-state index contributed by atoms with van der Waals surface area (Å²) in [6.45, 7) is 4.25. The Morgan fingerprint density at radius 1 is 1.69 bits per heavy atom. The summed E-state index contributed by atoms with van der Waals surface area (Å²) < 4.78 is 0. The highest BCUT2D eigenvalue weighted by molar-refractivity contribution is 5.86. The monoisotopic (exact) mass is 224 g/mol. The maximum absolute atomic E-state index is 11.6. The number of nitrogens with zero attached hydrogens (tertiary/aromatic N) is 1. The molecule has 1 unspecified atom stereocenters. The third kappa shape index (κ3) is 3.51. The lowest BCUT2D eigenvalue weighted by molar-refractivity contribution is -0.126. The van der Waals surface area contributed by atoms with Gasteiger partial charge in [-0.25, -0.2) is 0 Å². The molecule has 0 aromatic rings. The van der Waals surface area contributed by atoms with Crippen LogP contribution in [-0.2, 0) is 9.59 Å². The molecule has 0 aromatic heterocycles. The number of piperazine rings is 1. The van der Waals surface area contributed by atoms with Crippen LogP contribution in [0.3, 0.4) is 0 Å². The molecule has 6 nitrogen and oxygen atoms in total. The van der Waals surface area contributed by atoms with Gasteiger partial charge in [0.15, 0.2) is 0 Å². The van der Waals surface area contributed by atoms with Gasteiger partial charge in [0.1, 0.15) is 6.04 Å². The van der Waals surface area contributed by atoms with Crippen LogP contribution in [0.2, 0.25) is 0 Å². The Morgan fingerprint density at radius 2 is 2.38 bits per heavy atom. The summed E-state index contributed by atoms with van der Waals surface area (Å²) in [5, 5.41) is 16.9. The van der Waals surface area contributed by atoms with Crippen LogP contribution < -0.4 is 16.0 Å². The van der Waals surface area contributed by atoms with Crippen LogP contribution in [0.1, 0.15) is 13.8 Å². The van der Waals surface area contributed by atoms with Crippen molar-refractivity contribution in [2.24, 2.45) is 5.41 Å². The Labute approximate surface area is 94.4 Å². The largest absolute Gasteiger partial charge is 0.353 e. The van der Waals surface area contributed by atoms with Gasteiger partial charge in [0.2, 0.25) is 11.8 Å². The summed E-state index contributed by atoms with van der Waals surface area (Å²) in [5.41, 5.74) is -0.576. The minimum absolute atomic E-state index is 0.110. The lowest BCUT2D eigenvalue weighted by Crippen LogP contribution is -2.58. The summed E-state index contributed by atoms with van der Waals surface area (Å²) in [6.07, 6.45) is 0. The van der Waals surface area contributed by atoms with Gasteiger partial charge in [0, 0.05) is 13.1 Å². The van der Waals surface area contributed by atoms with Crippen LogP contribution in [0.15, 0.2) is 0 Å². The molecular weight excluding hydrogens is 208 g/mol. The van der Waals surface area contributed by atoms with Gasteiger partial charge < -0.3 is 10.6 Å². The summed E-state index contributed by atoms with van der Waals surface area (Å²) in [4.78, 5) is 22.5. The molecule has 0 spiro atoms. The van der Waals surface area contributed by atoms with Crippen molar-refractivity contribution < 1.29 is 9.59 Å². The minimum Gasteiger partial charge on any atom is -0.353 e. The predicted molar refractivity (Wildman–Crippen MR) is 57.2 cm³/mol. The molecule has 1 aliphatic rings. The highest BCUT2D eigenvalue weighted by Crippen LogP contribution is 2.10. The third-order valence-electron chi connectivity index (χ3n) is 2.34. The van der Waals surface area contributed by atoms with Crippen molar-refractivity contribution >= 4 is 11.8 Å². The second-order valence-corrected chi connectivity index (χ2v) is 4.45. The Bertz CT molecular complexity index is 322. The van der Waals surface area contributed by atoms with E-state index in [1.165, 1.54) is 0 Å². The van der Waals surface area contributed by atoms with Crippen molar-refractivity contribution in [3.05, 3.63) is 0 Å². The van der Waals surface area contributed by atoms with Crippen molar-refractivity contribution in [2.45, 2.75) is 19.9 Å². The second kappa shape index (κ2) is 4.94. The molecule has 3 N–H and O–H groups in total. The quantitative estimate of drug-likeness (QED) is 0.557. The van der Waals surface area contributed by atoms with E-state index in [4.69, 9.17) is 5.26 Å². The SMILES string of the molecule is CC(C)(C#N)CNC(=O)C1CNC(=O)CN1. The van der Waals surface area contributed by atoms with Gasteiger partial charge in [-0.05, 0) is 13.8 Å². The van der Waals surface area contributed by atoms with Gasteiger partial charge >= 0.3 is 0 Å². The average Bonchev–Trinajstić information content (AvgIpc) is 2.27. The zero-order chi connectivity index (χ0) is 12.2. The van der Waals surface area contributed by atoms with E-state index in [0.717, 1.165) is 0 Å². The molecule has 1 fully saturated rings. The molecule has 0 saturated carbocycles. The fraction of sp³-hybridized carbons (Fsp3) is 0.700. The van der Waals surface area contributed by atoms with E-state index in [0.29, 0.717) is 6.54 Å². The molecule has 1 saturated heterocycles. The molecule has 2 amide bonds. The highest BCUT2D eigenvalue weighted by Gasteiger charge is 2.25. The molecule has 16 heavy (non-hydrogen) atoms. The highest BCUT2D eigenvalue weighted by atomic mass is 16.2. The number of carbonyl (C=O) groups is 2. The van der Waals surface area contributed by atoms with E-state index in [2.05, 4.69) is 22.0 Å². The lowest BCUT2D eigenvalue weighted by atomic mass is 9.96. The van der Waals surface area contributed by atoms with Gasteiger partial charge in [-0.1, -0.05) is 0 Å². The van der Waals surface area contributed by atoms with Crippen LogP contribution in [0.25, 0.3) is 0 Å². The first-order valence-corrected chi connectivity index (χ1v) is 5.14. The molecule has 88 valence electrons. The molecule has 1 rings (SSSR count). The van der Waals surface area contributed by atoms with Crippen molar-refractivity contribution in [3.63, 3.8) is 0 Å². The van der Waals surface area contributed by atoms with Gasteiger partial charge in [0.05, 0.1) is 18.0 Å². The van der Waals surface area contributed by atoms with E-state index >= 15 is 0 Å².